The highest BCUT2D eigenvalue weighted by Crippen LogP contribution is 2.15. The lowest BCUT2D eigenvalue weighted by Gasteiger charge is -2.02. The Bertz CT molecular complexity index is 525. The molecule has 17 heavy (non-hydrogen) atoms. The third-order valence-electron chi connectivity index (χ3n) is 2.45. The van der Waals surface area contributed by atoms with E-state index in [2.05, 4.69) is 17.1 Å². The summed E-state index contributed by atoms with van der Waals surface area (Å²) in [5, 5.41) is 11.5. The third-order valence-corrected chi connectivity index (χ3v) is 3.36. The van der Waals surface area contributed by atoms with Crippen molar-refractivity contribution in [3.05, 3.63) is 45.9 Å². The van der Waals surface area contributed by atoms with Crippen LogP contribution in [0, 0.1) is 11.3 Å². The van der Waals surface area contributed by atoms with Crippen molar-refractivity contribution in [1.82, 2.24) is 4.98 Å². The van der Waals surface area contributed by atoms with Gasteiger partial charge in [-0.15, -0.1) is 11.3 Å². The molecule has 0 saturated carbocycles. The van der Waals surface area contributed by atoms with Crippen LogP contribution in [0.3, 0.4) is 0 Å². The molecule has 0 aliphatic carbocycles. The van der Waals surface area contributed by atoms with Crippen LogP contribution in [0.1, 0.15) is 16.3 Å². The second-order valence-corrected chi connectivity index (χ2v) is 4.53. The minimum Gasteiger partial charge on any atom is -0.497 e. The van der Waals surface area contributed by atoms with Crippen LogP contribution in [0.5, 0.6) is 5.75 Å². The zero-order chi connectivity index (χ0) is 12.1. The number of ether oxygens (including phenoxy) is 1. The smallest absolute Gasteiger partial charge is 0.151 e. The van der Waals surface area contributed by atoms with Gasteiger partial charge in [-0.3, -0.25) is 0 Å². The molecule has 0 spiro atoms. The molecule has 3 nitrogen and oxygen atoms in total. The number of methoxy groups -OCH3 is 1. The van der Waals surface area contributed by atoms with E-state index >= 15 is 0 Å². The molecule has 1 heterocycles. The number of thiazole rings is 1. The molecular formula is C13H12N2OS. The number of nitrogens with zero attached hydrogens (tertiary/aromatic N) is 2. The maximum absolute atomic E-state index is 8.67. The van der Waals surface area contributed by atoms with Crippen molar-refractivity contribution in [3.8, 4) is 11.8 Å². The highest BCUT2D eigenvalue weighted by Gasteiger charge is 2.02. The van der Waals surface area contributed by atoms with Gasteiger partial charge < -0.3 is 4.74 Å². The van der Waals surface area contributed by atoms with Gasteiger partial charge in [0.25, 0.3) is 0 Å². The summed E-state index contributed by atoms with van der Waals surface area (Å²) in [4.78, 5) is 4.21. The van der Waals surface area contributed by atoms with Gasteiger partial charge in [0.2, 0.25) is 0 Å². The van der Waals surface area contributed by atoms with Crippen molar-refractivity contribution in [3.63, 3.8) is 0 Å². The van der Waals surface area contributed by atoms with E-state index in [0.717, 1.165) is 23.6 Å². The van der Waals surface area contributed by atoms with Crippen molar-refractivity contribution >= 4 is 11.3 Å². The van der Waals surface area contributed by atoms with Gasteiger partial charge in [-0.25, -0.2) is 4.98 Å². The zero-order valence-corrected chi connectivity index (χ0v) is 10.3. The fraction of sp³-hybridized carbons (Fsp3) is 0.231. The minimum absolute atomic E-state index is 0.514. The number of hydrogen-bond donors (Lipinski definition) is 0. The first kappa shape index (κ1) is 11.6. The predicted molar refractivity (Wildman–Crippen MR) is 67.2 cm³/mol. The zero-order valence-electron chi connectivity index (χ0n) is 9.51. The Balaban J connectivity index is 1.95. The van der Waals surface area contributed by atoms with Crippen LogP contribution in [-0.2, 0) is 12.8 Å². The van der Waals surface area contributed by atoms with Crippen LogP contribution < -0.4 is 4.74 Å². The number of nitriles is 1. The molecule has 1 aromatic carbocycles. The molecule has 4 heteroatoms. The largest absolute Gasteiger partial charge is 0.497 e. The summed E-state index contributed by atoms with van der Waals surface area (Å²) in [7, 11) is 1.66. The summed E-state index contributed by atoms with van der Waals surface area (Å²) >= 11 is 1.54. The first-order chi connectivity index (χ1) is 8.31. The number of benzene rings is 1. The maximum Gasteiger partial charge on any atom is 0.151 e. The molecule has 0 radical (unpaired) electrons. The van der Waals surface area contributed by atoms with Gasteiger partial charge in [-0.2, -0.15) is 5.26 Å². The van der Waals surface area contributed by atoms with E-state index in [1.165, 1.54) is 5.56 Å². The van der Waals surface area contributed by atoms with Crippen LogP contribution >= 0.6 is 11.3 Å². The van der Waals surface area contributed by atoms with Crippen LogP contribution in [0.2, 0.25) is 0 Å². The molecule has 0 amide bonds. The highest BCUT2D eigenvalue weighted by molar-refractivity contribution is 7.09. The van der Waals surface area contributed by atoms with Crippen LogP contribution in [0.15, 0.2) is 29.6 Å². The van der Waals surface area contributed by atoms with E-state index in [1.54, 1.807) is 23.8 Å². The van der Waals surface area contributed by atoms with Crippen LogP contribution in [-0.4, -0.2) is 12.1 Å². The van der Waals surface area contributed by atoms with Crippen LogP contribution in [0.4, 0.5) is 0 Å². The summed E-state index contributed by atoms with van der Waals surface area (Å²) in [5.74, 6) is 0.870. The SMILES string of the molecule is COc1ccc(CCc2nc(C#N)cs2)cc1. The topological polar surface area (TPSA) is 45.9 Å². The fourth-order valence-corrected chi connectivity index (χ4v) is 2.24. The van der Waals surface area contributed by atoms with E-state index in [1.807, 2.05) is 18.2 Å². The molecule has 0 atom stereocenters. The number of aryl methyl sites for hydroxylation is 2. The van der Waals surface area contributed by atoms with Gasteiger partial charge in [0.1, 0.15) is 11.8 Å². The minimum atomic E-state index is 0.514. The van der Waals surface area contributed by atoms with Gasteiger partial charge in [-0.05, 0) is 24.1 Å². The quantitative estimate of drug-likeness (QED) is 0.830. The second-order valence-electron chi connectivity index (χ2n) is 3.59. The predicted octanol–water partition coefficient (Wildman–Crippen LogP) is 2.81. The lowest BCUT2D eigenvalue weighted by atomic mass is 10.1. The molecule has 0 aliphatic rings. The monoisotopic (exact) mass is 244 g/mol. The molecule has 2 aromatic rings. The third kappa shape index (κ3) is 3.05. The summed E-state index contributed by atoms with van der Waals surface area (Å²) in [5.41, 5.74) is 1.76. The molecule has 0 saturated heterocycles. The lowest BCUT2D eigenvalue weighted by Crippen LogP contribution is -1.91. The Morgan fingerprint density at radius 1 is 1.29 bits per heavy atom. The standard InChI is InChI=1S/C13H12N2OS/c1-16-12-5-2-10(3-6-12)4-7-13-15-11(8-14)9-17-13/h2-3,5-6,9H,4,7H2,1H3. The second kappa shape index (κ2) is 5.46. The average Bonchev–Trinajstić information content (AvgIpc) is 2.85. The van der Waals surface area contributed by atoms with Gasteiger partial charge in [0.05, 0.1) is 12.1 Å². The molecule has 1 aromatic heterocycles. The summed E-state index contributed by atoms with van der Waals surface area (Å²) in [6, 6.07) is 10.1. The summed E-state index contributed by atoms with van der Waals surface area (Å²) in [6.45, 7) is 0. The molecular weight excluding hydrogens is 232 g/mol. The normalized spacial score (nSPS) is 9.88. The van der Waals surface area contributed by atoms with Crippen molar-refractivity contribution in [2.75, 3.05) is 7.11 Å². The van der Waals surface area contributed by atoms with Crippen LogP contribution in [0.25, 0.3) is 0 Å². The average molecular weight is 244 g/mol. The molecule has 0 bridgehead atoms. The molecule has 0 aliphatic heterocycles. The summed E-state index contributed by atoms with van der Waals surface area (Å²) < 4.78 is 5.10. The number of hydrogen-bond acceptors (Lipinski definition) is 4. The Morgan fingerprint density at radius 3 is 2.65 bits per heavy atom. The van der Waals surface area contributed by atoms with E-state index in [9.17, 15) is 0 Å². The van der Waals surface area contributed by atoms with Gasteiger partial charge in [-0.1, -0.05) is 12.1 Å². The van der Waals surface area contributed by atoms with Gasteiger partial charge in [0.15, 0.2) is 5.69 Å². The molecule has 86 valence electrons. The lowest BCUT2D eigenvalue weighted by molar-refractivity contribution is 0.414. The highest BCUT2D eigenvalue weighted by atomic mass is 32.1. The van der Waals surface area contributed by atoms with Gasteiger partial charge in [0, 0.05) is 11.8 Å². The summed E-state index contributed by atoms with van der Waals surface area (Å²) in [6.07, 6.45) is 1.81. The Labute approximate surface area is 104 Å². The van der Waals surface area contributed by atoms with E-state index < -0.39 is 0 Å². The number of aromatic nitrogens is 1. The Morgan fingerprint density at radius 2 is 2.06 bits per heavy atom. The van der Waals surface area contributed by atoms with Crippen molar-refractivity contribution in [2.45, 2.75) is 12.8 Å². The molecule has 0 unspecified atom stereocenters. The van der Waals surface area contributed by atoms with Crippen molar-refractivity contribution < 1.29 is 4.74 Å². The van der Waals surface area contributed by atoms with Gasteiger partial charge >= 0.3 is 0 Å². The van der Waals surface area contributed by atoms with E-state index in [4.69, 9.17) is 10.00 Å². The maximum atomic E-state index is 8.67. The Hall–Kier alpha value is -1.86. The first-order valence-electron chi connectivity index (χ1n) is 5.29. The molecule has 2 rings (SSSR count). The van der Waals surface area contributed by atoms with Crippen molar-refractivity contribution in [2.24, 2.45) is 0 Å². The van der Waals surface area contributed by atoms with Crippen molar-refractivity contribution in [1.29, 1.82) is 5.26 Å². The van der Waals surface area contributed by atoms with E-state index in [0.29, 0.717) is 5.69 Å². The Kier molecular flexibility index (Phi) is 3.73. The first-order valence-corrected chi connectivity index (χ1v) is 6.17. The molecule has 0 fully saturated rings. The molecule has 0 N–H and O–H groups in total. The fourth-order valence-electron chi connectivity index (χ4n) is 1.52. The number of rotatable bonds is 4. The van der Waals surface area contributed by atoms with E-state index in [-0.39, 0.29) is 0 Å².